The minimum absolute atomic E-state index is 0.0533. The Labute approximate surface area is 118 Å². The summed E-state index contributed by atoms with van der Waals surface area (Å²) in [5.74, 6) is 2.09. The molecular weight excluding hydrogens is 266 g/mol. The van der Waals surface area contributed by atoms with Gasteiger partial charge in [-0.3, -0.25) is 10.1 Å². The van der Waals surface area contributed by atoms with E-state index in [0.717, 1.165) is 0 Å². The number of benzene rings is 1. The van der Waals surface area contributed by atoms with Gasteiger partial charge in [-0.1, -0.05) is 13.8 Å². The van der Waals surface area contributed by atoms with E-state index in [0.29, 0.717) is 24.0 Å². The number of nitrogens with zero attached hydrogens (tertiary/aromatic N) is 1. The Morgan fingerprint density at radius 1 is 1.42 bits per heavy atom. The third kappa shape index (κ3) is 4.31. The molecule has 0 spiro atoms. The molecule has 1 atom stereocenters. The topological polar surface area (TPSA) is 61.6 Å². The number of ether oxygens (including phenoxy) is 2. The number of nitro benzene ring substituents is 1. The molecule has 0 aliphatic carbocycles. The lowest BCUT2D eigenvalue weighted by atomic mass is 9.99. The first-order valence-corrected chi connectivity index (χ1v) is 6.69. The van der Waals surface area contributed by atoms with Crippen LogP contribution in [-0.4, -0.2) is 24.4 Å². The standard InChI is InChI=1S/C13H19NO4S/c1-9(2)10(8-19)7-18-13-6-11(17-3)4-5-12(13)14(15)16/h4-6,9-10,19H,7-8H2,1-3H3. The number of rotatable bonds is 7. The Morgan fingerprint density at radius 2 is 2.11 bits per heavy atom. The minimum atomic E-state index is -0.458. The molecule has 1 aromatic carbocycles. The van der Waals surface area contributed by atoms with E-state index in [-0.39, 0.29) is 17.4 Å². The van der Waals surface area contributed by atoms with Crippen LogP contribution in [0, 0.1) is 22.0 Å². The zero-order valence-corrected chi connectivity index (χ0v) is 12.2. The fourth-order valence-corrected chi connectivity index (χ4v) is 2.07. The van der Waals surface area contributed by atoms with Gasteiger partial charge in [-0.25, -0.2) is 0 Å². The average Bonchev–Trinajstić information content (AvgIpc) is 2.38. The molecule has 0 aromatic heterocycles. The van der Waals surface area contributed by atoms with Crippen LogP contribution in [0.15, 0.2) is 18.2 Å². The zero-order valence-electron chi connectivity index (χ0n) is 11.3. The number of hydrogen-bond acceptors (Lipinski definition) is 5. The molecular formula is C13H19NO4S. The summed E-state index contributed by atoms with van der Waals surface area (Å²) in [5.41, 5.74) is -0.0533. The first kappa shape index (κ1) is 15.6. The van der Waals surface area contributed by atoms with Crippen molar-refractivity contribution in [3.63, 3.8) is 0 Å². The number of thiol groups is 1. The van der Waals surface area contributed by atoms with Crippen LogP contribution in [0.3, 0.4) is 0 Å². The second-order valence-electron chi connectivity index (χ2n) is 4.59. The third-order valence-corrected chi connectivity index (χ3v) is 3.46. The lowest BCUT2D eigenvalue weighted by Gasteiger charge is -2.19. The summed E-state index contributed by atoms with van der Waals surface area (Å²) < 4.78 is 10.6. The van der Waals surface area contributed by atoms with Crippen LogP contribution in [0.4, 0.5) is 5.69 Å². The summed E-state index contributed by atoms with van der Waals surface area (Å²) in [6.45, 7) is 4.55. The molecule has 0 fully saturated rings. The van der Waals surface area contributed by atoms with Gasteiger partial charge in [0.1, 0.15) is 5.75 Å². The quantitative estimate of drug-likeness (QED) is 0.475. The SMILES string of the molecule is COc1ccc([N+](=O)[O-])c(OCC(CS)C(C)C)c1. The third-order valence-electron chi connectivity index (χ3n) is 2.99. The molecule has 0 radical (unpaired) electrons. The van der Waals surface area contributed by atoms with Gasteiger partial charge in [0.15, 0.2) is 0 Å². The molecule has 6 heteroatoms. The van der Waals surface area contributed by atoms with Crippen LogP contribution < -0.4 is 9.47 Å². The van der Waals surface area contributed by atoms with Crippen molar-refractivity contribution in [3.8, 4) is 11.5 Å². The summed E-state index contributed by atoms with van der Waals surface area (Å²) in [4.78, 5) is 10.5. The summed E-state index contributed by atoms with van der Waals surface area (Å²) in [5, 5.41) is 10.9. The molecule has 106 valence electrons. The maximum atomic E-state index is 10.9. The molecule has 0 amide bonds. The van der Waals surface area contributed by atoms with Crippen molar-refractivity contribution in [1.82, 2.24) is 0 Å². The Hall–Kier alpha value is -1.43. The van der Waals surface area contributed by atoms with Crippen LogP contribution in [0.5, 0.6) is 11.5 Å². The van der Waals surface area contributed by atoms with Gasteiger partial charge < -0.3 is 9.47 Å². The van der Waals surface area contributed by atoms with E-state index in [4.69, 9.17) is 9.47 Å². The van der Waals surface area contributed by atoms with E-state index >= 15 is 0 Å². The summed E-state index contributed by atoms with van der Waals surface area (Å²) >= 11 is 4.27. The molecule has 0 bridgehead atoms. The normalized spacial score (nSPS) is 12.3. The van der Waals surface area contributed by atoms with E-state index in [1.807, 2.05) is 0 Å². The van der Waals surface area contributed by atoms with Crippen molar-refractivity contribution in [2.45, 2.75) is 13.8 Å². The maximum absolute atomic E-state index is 10.9. The number of hydrogen-bond donors (Lipinski definition) is 1. The molecule has 0 saturated carbocycles. The van der Waals surface area contributed by atoms with Crippen LogP contribution in [0.25, 0.3) is 0 Å². The van der Waals surface area contributed by atoms with E-state index in [1.54, 1.807) is 6.07 Å². The molecule has 5 nitrogen and oxygen atoms in total. The molecule has 19 heavy (non-hydrogen) atoms. The van der Waals surface area contributed by atoms with Gasteiger partial charge in [-0.05, 0) is 17.7 Å². The van der Waals surface area contributed by atoms with Crippen molar-refractivity contribution < 1.29 is 14.4 Å². The van der Waals surface area contributed by atoms with Crippen LogP contribution in [0.1, 0.15) is 13.8 Å². The van der Waals surface area contributed by atoms with Crippen molar-refractivity contribution in [2.24, 2.45) is 11.8 Å². The van der Waals surface area contributed by atoms with Crippen molar-refractivity contribution in [2.75, 3.05) is 19.5 Å². The average molecular weight is 285 g/mol. The Bertz CT molecular complexity index is 437. The maximum Gasteiger partial charge on any atom is 0.311 e. The second-order valence-corrected chi connectivity index (χ2v) is 4.95. The highest BCUT2D eigenvalue weighted by Gasteiger charge is 2.19. The molecule has 0 aliphatic rings. The Kier molecular flexibility index (Phi) is 5.95. The van der Waals surface area contributed by atoms with Gasteiger partial charge in [-0.15, -0.1) is 0 Å². The first-order chi connectivity index (χ1) is 8.99. The first-order valence-electron chi connectivity index (χ1n) is 6.05. The molecule has 1 aromatic rings. The molecule has 0 N–H and O–H groups in total. The molecule has 1 unspecified atom stereocenters. The molecule has 0 aliphatic heterocycles. The largest absolute Gasteiger partial charge is 0.497 e. The predicted octanol–water partition coefficient (Wildman–Crippen LogP) is 3.18. The monoisotopic (exact) mass is 285 g/mol. The number of methoxy groups -OCH3 is 1. The molecule has 0 heterocycles. The van der Waals surface area contributed by atoms with Crippen LogP contribution in [0.2, 0.25) is 0 Å². The fraction of sp³-hybridized carbons (Fsp3) is 0.538. The predicted molar refractivity (Wildman–Crippen MR) is 77.3 cm³/mol. The molecule has 1 rings (SSSR count). The highest BCUT2D eigenvalue weighted by atomic mass is 32.1. The van der Waals surface area contributed by atoms with Gasteiger partial charge in [0.2, 0.25) is 5.75 Å². The summed E-state index contributed by atoms with van der Waals surface area (Å²) in [6.07, 6.45) is 0. The van der Waals surface area contributed by atoms with Crippen molar-refractivity contribution >= 4 is 18.3 Å². The number of nitro groups is 1. The highest BCUT2D eigenvalue weighted by Crippen LogP contribution is 2.31. The summed E-state index contributed by atoms with van der Waals surface area (Å²) in [6, 6.07) is 4.47. The van der Waals surface area contributed by atoms with Crippen molar-refractivity contribution in [1.29, 1.82) is 0 Å². The lowest BCUT2D eigenvalue weighted by Crippen LogP contribution is -2.19. The Morgan fingerprint density at radius 3 is 2.58 bits per heavy atom. The zero-order chi connectivity index (χ0) is 14.4. The van der Waals surface area contributed by atoms with E-state index in [1.165, 1.54) is 19.2 Å². The van der Waals surface area contributed by atoms with Crippen molar-refractivity contribution in [3.05, 3.63) is 28.3 Å². The molecule has 0 saturated heterocycles. The van der Waals surface area contributed by atoms with E-state index in [2.05, 4.69) is 26.5 Å². The second kappa shape index (κ2) is 7.23. The van der Waals surface area contributed by atoms with Crippen LogP contribution in [-0.2, 0) is 0 Å². The van der Waals surface area contributed by atoms with Gasteiger partial charge >= 0.3 is 5.69 Å². The smallest absolute Gasteiger partial charge is 0.311 e. The van der Waals surface area contributed by atoms with E-state index in [9.17, 15) is 10.1 Å². The van der Waals surface area contributed by atoms with Gasteiger partial charge in [0, 0.05) is 18.1 Å². The van der Waals surface area contributed by atoms with Gasteiger partial charge in [0.05, 0.1) is 18.6 Å². The minimum Gasteiger partial charge on any atom is -0.497 e. The summed E-state index contributed by atoms with van der Waals surface area (Å²) in [7, 11) is 1.51. The Balaban J connectivity index is 2.88. The van der Waals surface area contributed by atoms with E-state index < -0.39 is 4.92 Å². The lowest BCUT2D eigenvalue weighted by molar-refractivity contribution is -0.385. The van der Waals surface area contributed by atoms with Gasteiger partial charge in [0.25, 0.3) is 0 Å². The fourth-order valence-electron chi connectivity index (χ4n) is 1.54. The van der Waals surface area contributed by atoms with Crippen LogP contribution >= 0.6 is 12.6 Å². The highest BCUT2D eigenvalue weighted by molar-refractivity contribution is 7.80. The van der Waals surface area contributed by atoms with Gasteiger partial charge in [-0.2, -0.15) is 12.6 Å².